The van der Waals surface area contributed by atoms with Crippen molar-refractivity contribution in [2.24, 2.45) is 0 Å². The van der Waals surface area contributed by atoms with Gasteiger partial charge in [-0.05, 0) is 151 Å². The standard InChI is InChI=1S/C21H17I3O2S/c1-2-21(25)26-27(18-9-3-15(22)4-10-18,19-11-5-16(23)6-12-19)20-13-7-17(24)8-14-20/h3-14H,2H2,1H3. The molecule has 0 N–H and O–H groups in total. The van der Waals surface area contributed by atoms with E-state index in [1.165, 1.54) is 0 Å². The molecule has 0 aliphatic heterocycles. The zero-order valence-corrected chi connectivity index (χ0v) is 21.8. The molecule has 0 saturated heterocycles. The minimum Gasteiger partial charge on any atom is -0.402 e. The molecule has 0 aliphatic rings. The van der Waals surface area contributed by atoms with E-state index in [4.69, 9.17) is 4.18 Å². The van der Waals surface area contributed by atoms with Crippen molar-refractivity contribution in [2.75, 3.05) is 0 Å². The van der Waals surface area contributed by atoms with Gasteiger partial charge in [0.25, 0.3) is 0 Å². The first-order valence-electron chi connectivity index (χ1n) is 8.28. The van der Waals surface area contributed by atoms with E-state index in [0.29, 0.717) is 6.42 Å². The Morgan fingerprint density at radius 3 is 1.26 bits per heavy atom. The molecule has 2 nitrogen and oxygen atoms in total. The monoisotopic (exact) mass is 714 g/mol. The number of benzene rings is 3. The fourth-order valence-corrected chi connectivity index (χ4v) is 6.77. The Balaban J connectivity index is 2.32. The van der Waals surface area contributed by atoms with E-state index in [9.17, 15) is 4.79 Å². The van der Waals surface area contributed by atoms with Crippen LogP contribution in [0.5, 0.6) is 0 Å². The maximum atomic E-state index is 12.5. The van der Waals surface area contributed by atoms with Gasteiger partial charge in [-0.1, -0.05) is 6.92 Å². The molecular formula is C21H17I3O2S. The number of carbonyl (C=O) groups is 1. The highest BCUT2D eigenvalue weighted by Gasteiger charge is 2.35. The molecule has 0 fully saturated rings. The highest BCUT2D eigenvalue weighted by molar-refractivity contribution is 14.1. The predicted octanol–water partition coefficient (Wildman–Crippen LogP) is 7.65. The first kappa shape index (κ1) is 21.4. The van der Waals surface area contributed by atoms with Gasteiger partial charge < -0.3 is 4.18 Å². The largest absolute Gasteiger partial charge is 0.402 e. The van der Waals surface area contributed by atoms with E-state index in [-0.39, 0.29) is 5.97 Å². The summed E-state index contributed by atoms with van der Waals surface area (Å²) < 4.78 is 9.75. The normalized spacial score (nSPS) is 11.9. The number of carbonyl (C=O) groups excluding carboxylic acids is 1. The Hall–Kier alpha value is -0.330. The summed E-state index contributed by atoms with van der Waals surface area (Å²) >= 11 is 6.89. The molecule has 3 aromatic carbocycles. The Morgan fingerprint density at radius 2 is 1.00 bits per heavy atom. The third kappa shape index (κ3) is 4.81. The molecule has 0 unspecified atom stereocenters. The summed E-state index contributed by atoms with van der Waals surface area (Å²) in [5, 5.41) is 0. The number of rotatable bonds is 5. The van der Waals surface area contributed by atoms with Crippen LogP contribution in [0.2, 0.25) is 0 Å². The van der Waals surface area contributed by atoms with Crippen molar-refractivity contribution in [2.45, 2.75) is 28.0 Å². The van der Waals surface area contributed by atoms with Crippen LogP contribution in [0.15, 0.2) is 87.5 Å². The van der Waals surface area contributed by atoms with Gasteiger partial charge in [0.1, 0.15) is 0 Å². The van der Waals surface area contributed by atoms with Crippen LogP contribution < -0.4 is 0 Å². The lowest BCUT2D eigenvalue weighted by Crippen LogP contribution is -2.13. The van der Waals surface area contributed by atoms with Crippen molar-refractivity contribution in [1.82, 2.24) is 0 Å². The molecule has 0 amide bonds. The summed E-state index contributed by atoms with van der Waals surface area (Å²) in [4.78, 5) is 15.6. The molecule has 0 saturated carbocycles. The highest BCUT2D eigenvalue weighted by Crippen LogP contribution is 2.69. The van der Waals surface area contributed by atoms with Crippen molar-refractivity contribution in [3.8, 4) is 0 Å². The zero-order chi connectivity index (χ0) is 19.4. The summed E-state index contributed by atoms with van der Waals surface area (Å²) in [5.74, 6) is -0.194. The first-order chi connectivity index (χ1) is 13.0. The van der Waals surface area contributed by atoms with Gasteiger partial charge in [-0.15, -0.1) is 0 Å². The Morgan fingerprint density at radius 1 is 0.704 bits per heavy atom. The van der Waals surface area contributed by atoms with E-state index in [2.05, 4.69) is 141 Å². The van der Waals surface area contributed by atoms with Crippen LogP contribution in [0.3, 0.4) is 0 Å². The molecule has 0 heterocycles. The average Bonchev–Trinajstić information content (AvgIpc) is 2.68. The molecule has 3 rings (SSSR count). The maximum absolute atomic E-state index is 12.5. The first-order valence-corrected chi connectivity index (χ1v) is 13.1. The molecule has 27 heavy (non-hydrogen) atoms. The fraction of sp³-hybridized carbons (Fsp3) is 0.0952. The molecule has 0 aliphatic carbocycles. The summed E-state index contributed by atoms with van der Waals surface area (Å²) in [6.07, 6.45) is 0.341. The maximum Gasteiger partial charge on any atom is 0.316 e. The zero-order valence-electron chi connectivity index (χ0n) is 14.5. The van der Waals surface area contributed by atoms with Crippen molar-refractivity contribution >= 4 is 84.1 Å². The van der Waals surface area contributed by atoms with Crippen LogP contribution in [0.25, 0.3) is 0 Å². The van der Waals surface area contributed by atoms with Crippen LogP contribution in [0, 0.1) is 10.7 Å². The quantitative estimate of drug-likeness (QED) is 0.254. The van der Waals surface area contributed by atoms with Gasteiger partial charge in [0.2, 0.25) is 0 Å². The lowest BCUT2D eigenvalue weighted by Gasteiger charge is -2.39. The molecule has 0 bridgehead atoms. The van der Waals surface area contributed by atoms with E-state index in [1.54, 1.807) is 0 Å². The topological polar surface area (TPSA) is 26.3 Å². The van der Waals surface area contributed by atoms with Gasteiger partial charge >= 0.3 is 5.97 Å². The van der Waals surface area contributed by atoms with Crippen LogP contribution in [0.4, 0.5) is 0 Å². The second kappa shape index (κ2) is 9.45. The molecule has 0 radical (unpaired) electrons. The highest BCUT2D eigenvalue weighted by atomic mass is 127. The Labute approximate surface area is 202 Å². The van der Waals surface area contributed by atoms with Crippen molar-refractivity contribution < 1.29 is 8.98 Å². The molecule has 140 valence electrons. The molecule has 6 heteroatoms. The Bertz CT molecular complexity index is 812. The van der Waals surface area contributed by atoms with Gasteiger partial charge in [0.05, 0.1) is 0 Å². The summed E-state index contributed by atoms with van der Waals surface area (Å²) in [5.41, 5.74) is 0. The predicted molar refractivity (Wildman–Crippen MR) is 136 cm³/mol. The third-order valence-corrected chi connectivity index (χ3v) is 9.34. The van der Waals surface area contributed by atoms with Gasteiger partial charge in [-0.3, -0.25) is 4.79 Å². The number of hydrogen-bond donors (Lipinski definition) is 0. The molecule has 0 atom stereocenters. The van der Waals surface area contributed by atoms with Gasteiger partial charge in [0, 0.05) is 31.8 Å². The van der Waals surface area contributed by atoms with Gasteiger partial charge in [-0.2, -0.15) is 0 Å². The van der Waals surface area contributed by atoms with Crippen molar-refractivity contribution in [1.29, 1.82) is 0 Å². The molecule has 0 spiro atoms. The second-order valence-corrected chi connectivity index (χ2v) is 12.2. The Kier molecular flexibility index (Phi) is 7.48. The number of hydrogen-bond acceptors (Lipinski definition) is 2. The van der Waals surface area contributed by atoms with E-state index in [1.807, 2.05) is 6.92 Å². The van der Waals surface area contributed by atoms with Gasteiger partial charge in [-0.25, -0.2) is 0 Å². The number of halogens is 3. The average molecular weight is 714 g/mol. The van der Waals surface area contributed by atoms with Crippen LogP contribution in [-0.2, 0) is 8.98 Å². The SMILES string of the molecule is CCC(=O)OS(c1ccc(I)cc1)(c1ccc(I)cc1)c1ccc(I)cc1. The molecular weight excluding hydrogens is 697 g/mol. The smallest absolute Gasteiger partial charge is 0.316 e. The van der Waals surface area contributed by atoms with Gasteiger partial charge in [0.15, 0.2) is 0 Å². The molecule has 0 aromatic heterocycles. The minimum atomic E-state index is -2.15. The van der Waals surface area contributed by atoms with Crippen molar-refractivity contribution in [3.63, 3.8) is 0 Å². The molecule has 3 aromatic rings. The summed E-state index contributed by atoms with van der Waals surface area (Å²) in [7, 11) is -2.15. The van der Waals surface area contributed by atoms with E-state index in [0.717, 1.165) is 25.4 Å². The fourth-order valence-electron chi connectivity index (χ4n) is 2.63. The van der Waals surface area contributed by atoms with E-state index >= 15 is 0 Å². The van der Waals surface area contributed by atoms with Crippen LogP contribution in [-0.4, -0.2) is 5.97 Å². The van der Waals surface area contributed by atoms with Crippen LogP contribution >= 0.6 is 78.1 Å². The third-order valence-electron chi connectivity index (χ3n) is 3.94. The van der Waals surface area contributed by atoms with Crippen molar-refractivity contribution in [3.05, 3.63) is 83.5 Å². The lowest BCUT2D eigenvalue weighted by atomic mass is 10.4. The summed E-state index contributed by atoms with van der Waals surface area (Å²) in [6.45, 7) is 1.84. The second-order valence-electron chi connectivity index (χ2n) is 5.73. The van der Waals surface area contributed by atoms with E-state index < -0.39 is 10.3 Å². The minimum absolute atomic E-state index is 0.194. The summed E-state index contributed by atoms with van der Waals surface area (Å²) in [6, 6.07) is 24.9. The lowest BCUT2D eigenvalue weighted by molar-refractivity contribution is -0.133. The van der Waals surface area contributed by atoms with Crippen LogP contribution in [0.1, 0.15) is 13.3 Å².